The van der Waals surface area contributed by atoms with Crippen LogP contribution in [0, 0.1) is 11.7 Å². The molecule has 6 nitrogen and oxygen atoms in total. The Labute approximate surface area is 194 Å². The summed E-state index contributed by atoms with van der Waals surface area (Å²) in [6.07, 6.45) is 3.77. The SMILES string of the molecule is O=C1OCC(Cc2ccccc2)N1CCC1CCN(CC2COc3ccc(F)cc3O2)CC1. The fourth-order valence-corrected chi connectivity index (χ4v) is 5.07. The molecule has 0 radical (unpaired) electrons. The molecule has 2 aromatic rings. The third-order valence-corrected chi connectivity index (χ3v) is 6.96. The number of cyclic esters (lactones) is 1. The van der Waals surface area contributed by atoms with Crippen LogP contribution >= 0.6 is 0 Å². The van der Waals surface area contributed by atoms with E-state index >= 15 is 0 Å². The molecule has 3 heterocycles. The molecule has 0 saturated carbocycles. The first-order valence-corrected chi connectivity index (χ1v) is 11.9. The summed E-state index contributed by atoms with van der Waals surface area (Å²) in [6.45, 7) is 4.49. The fraction of sp³-hybridized carbons (Fsp3) is 0.500. The zero-order valence-electron chi connectivity index (χ0n) is 18.8. The number of halogens is 1. The minimum absolute atomic E-state index is 0.0889. The van der Waals surface area contributed by atoms with Crippen molar-refractivity contribution in [2.24, 2.45) is 5.92 Å². The van der Waals surface area contributed by atoms with Gasteiger partial charge in [-0.1, -0.05) is 30.3 Å². The van der Waals surface area contributed by atoms with Crippen LogP contribution in [-0.2, 0) is 11.2 Å². The second-order valence-corrected chi connectivity index (χ2v) is 9.29. The zero-order chi connectivity index (χ0) is 22.6. The van der Waals surface area contributed by atoms with Crippen LogP contribution < -0.4 is 9.47 Å². The molecular formula is C26H31FN2O4. The molecule has 3 aliphatic rings. The van der Waals surface area contributed by atoms with Gasteiger partial charge in [0.25, 0.3) is 0 Å². The molecule has 33 heavy (non-hydrogen) atoms. The van der Waals surface area contributed by atoms with Crippen molar-refractivity contribution >= 4 is 6.09 Å². The molecule has 2 fully saturated rings. The lowest BCUT2D eigenvalue weighted by molar-refractivity contribution is 0.0462. The van der Waals surface area contributed by atoms with Crippen molar-refractivity contribution in [3.8, 4) is 11.5 Å². The number of piperidine rings is 1. The Morgan fingerprint density at radius 2 is 1.79 bits per heavy atom. The molecule has 5 rings (SSSR count). The molecule has 7 heteroatoms. The number of hydrogen-bond acceptors (Lipinski definition) is 5. The average Bonchev–Trinajstić information content (AvgIpc) is 3.18. The zero-order valence-corrected chi connectivity index (χ0v) is 18.8. The first kappa shape index (κ1) is 22.0. The summed E-state index contributed by atoms with van der Waals surface area (Å²) < 4.78 is 30.6. The van der Waals surface area contributed by atoms with E-state index in [1.165, 1.54) is 17.7 Å². The summed E-state index contributed by atoms with van der Waals surface area (Å²) in [7, 11) is 0. The maximum atomic E-state index is 13.5. The van der Waals surface area contributed by atoms with E-state index in [0.717, 1.165) is 51.9 Å². The van der Waals surface area contributed by atoms with Gasteiger partial charge in [0.1, 0.15) is 25.1 Å². The molecule has 0 aliphatic carbocycles. The largest absolute Gasteiger partial charge is 0.486 e. The number of rotatable bonds is 7. The molecule has 0 aromatic heterocycles. The number of carbonyl (C=O) groups excluding carboxylic acids is 1. The van der Waals surface area contributed by atoms with Gasteiger partial charge in [0.05, 0.1) is 6.04 Å². The van der Waals surface area contributed by atoms with Gasteiger partial charge in [0, 0.05) is 19.2 Å². The van der Waals surface area contributed by atoms with Gasteiger partial charge in [-0.2, -0.15) is 0 Å². The second kappa shape index (κ2) is 10.00. The van der Waals surface area contributed by atoms with Gasteiger partial charge in [-0.3, -0.25) is 4.90 Å². The standard InChI is InChI=1S/C26H31FN2O4/c27-21-6-7-24-25(15-21)33-23(18-31-24)16-28-11-8-19(9-12-28)10-13-29-22(17-32-26(29)30)14-20-4-2-1-3-5-20/h1-7,15,19,22-23H,8-14,16-18H2. The van der Waals surface area contributed by atoms with E-state index < -0.39 is 0 Å². The number of nitrogens with zero attached hydrogens (tertiary/aromatic N) is 2. The Kier molecular flexibility index (Phi) is 6.67. The maximum Gasteiger partial charge on any atom is 0.410 e. The Hall–Kier alpha value is -2.80. The summed E-state index contributed by atoms with van der Waals surface area (Å²) in [6, 6.07) is 14.8. The second-order valence-electron chi connectivity index (χ2n) is 9.29. The lowest BCUT2D eigenvalue weighted by atomic mass is 9.93. The maximum absolute atomic E-state index is 13.5. The minimum atomic E-state index is -0.313. The number of likely N-dealkylation sites (tertiary alicyclic amines) is 1. The van der Waals surface area contributed by atoms with Crippen LogP contribution in [0.25, 0.3) is 0 Å². The highest BCUT2D eigenvalue weighted by atomic mass is 19.1. The van der Waals surface area contributed by atoms with Crippen LogP contribution in [0.2, 0.25) is 0 Å². The number of carbonyl (C=O) groups is 1. The summed E-state index contributed by atoms with van der Waals surface area (Å²) >= 11 is 0. The predicted molar refractivity (Wildman–Crippen MR) is 122 cm³/mol. The summed E-state index contributed by atoms with van der Waals surface area (Å²) in [5, 5.41) is 0. The molecular weight excluding hydrogens is 423 g/mol. The third-order valence-electron chi connectivity index (χ3n) is 6.96. The molecule has 2 unspecified atom stereocenters. The van der Waals surface area contributed by atoms with Gasteiger partial charge in [-0.05, 0) is 62.4 Å². The van der Waals surface area contributed by atoms with Crippen molar-refractivity contribution in [2.75, 3.05) is 39.4 Å². The van der Waals surface area contributed by atoms with Gasteiger partial charge in [0.15, 0.2) is 11.5 Å². The van der Waals surface area contributed by atoms with Crippen LogP contribution in [0.15, 0.2) is 48.5 Å². The highest BCUT2D eigenvalue weighted by Crippen LogP contribution is 2.33. The first-order valence-electron chi connectivity index (χ1n) is 11.9. The molecule has 0 N–H and O–H groups in total. The van der Waals surface area contributed by atoms with E-state index in [9.17, 15) is 9.18 Å². The lowest BCUT2D eigenvalue weighted by Crippen LogP contribution is -2.44. The van der Waals surface area contributed by atoms with Crippen LogP contribution in [0.1, 0.15) is 24.8 Å². The van der Waals surface area contributed by atoms with Crippen molar-refractivity contribution < 1.29 is 23.4 Å². The highest BCUT2D eigenvalue weighted by Gasteiger charge is 2.33. The molecule has 3 aliphatic heterocycles. The highest BCUT2D eigenvalue weighted by molar-refractivity contribution is 5.70. The van der Waals surface area contributed by atoms with Crippen molar-refractivity contribution in [3.05, 3.63) is 59.9 Å². The van der Waals surface area contributed by atoms with Crippen molar-refractivity contribution in [1.29, 1.82) is 0 Å². The van der Waals surface area contributed by atoms with E-state index in [1.54, 1.807) is 6.07 Å². The van der Waals surface area contributed by atoms with Gasteiger partial charge < -0.3 is 19.1 Å². The molecule has 2 aromatic carbocycles. The Balaban J connectivity index is 1.06. The van der Waals surface area contributed by atoms with Gasteiger partial charge in [-0.25, -0.2) is 9.18 Å². The number of benzene rings is 2. The number of hydrogen-bond donors (Lipinski definition) is 0. The fourth-order valence-electron chi connectivity index (χ4n) is 5.07. The summed E-state index contributed by atoms with van der Waals surface area (Å²) in [5.41, 5.74) is 1.23. The van der Waals surface area contributed by atoms with E-state index in [1.807, 2.05) is 23.1 Å². The Bertz CT molecular complexity index is 949. The summed E-state index contributed by atoms with van der Waals surface area (Å²) in [5.74, 6) is 1.39. The average molecular weight is 455 g/mol. The van der Waals surface area contributed by atoms with Crippen LogP contribution in [0.5, 0.6) is 11.5 Å². The number of fused-ring (bicyclic) bond motifs is 1. The normalized spacial score (nSPS) is 23.5. The molecule has 1 amide bonds. The van der Waals surface area contributed by atoms with E-state index in [4.69, 9.17) is 14.2 Å². The molecule has 0 bridgehead atoms. The quantitative estimate of drug-likeness (QED) is 0.630. The van der Waals surface area contributed by atoms with Gasteiger partial charge in [-0.15, -0.1) is 0 Å². The third kappa shape index (κ3) is 5.41. The predicted octanol–water partition coefficient (Wildman–Crippen LogP) is 4.13. The van der Waals surface area contributed by atoms with Crippen molar-refractivity contribution in [1.82, 2.24) is 9.80 Å². The van der Waals surface area contributed by atoms with Gasteiger partial charge >= 0.3 is 6.09 Å². The van der Waals surface area contributed by atoms with Crippen LogP contribution in [0.3, 0.4) is 0 Å². The monoisotopic (exact) mass is 454 g/mol. The van der Waals surface area contributed by atoms with Crippen molar-refractivity contribution in [2.45, 2.75) is 37.8 Å². The molecule has 0 spiro atoms. The van der Waals surface area contributed by atoms with Gasteiger partial charge in [0.2, 0.25) is 0 Å². The molecule has 176 valence electrons. The summed E-state index contributed by atoms with van der Waals surface area (Å²) in [4.78, 5) is 16.6. The smallest absolute Gasteiger partial charge is 0.410 e. The Morgan fingerprint density at radius 1 is 0.970 bits per heavy atom. The van der Waals surface area contributed by atoms with Crippen LogP contribution in [0.4, 0.5) is 9.18 Å². The Morgan fingerprint density at radius 3 is 2.61 bits per heavy atom. The van der Waals surface area contributed by atoms with E-state index in [2.05, 4.69) is 17.0 Å². The molecule has 2 saturated heterocycles. The van der Waals surface area contributed by atoms with Crippen molar-refractivity contribution in [3.63, 3.8) is 0 Å². The van der Waals surface area contributed by atoms with Crippen LogP contribution in [-0.4, -0.2) is 67.4 Å². The first-order chi connectivity index (χ1) is 16.1. The number of ether oxygens (including phenoxy) is 3. The lowest BCUT2D eigenvalue weighted by Gasteiger charge is -2.36. The number of amides is 1. The molecule has 2 atom stereocenters. The topological polar surface area (TPSA) is 51.2 Å². The minimum Gasteiger partial charge on any atom is -0.486 e. The van der Waals surface area contributed by atoms with E-state index in [-0.39, 0.29) is 24.1 Å². The van der Waals surface area contributed by atoms with E-state index in [0.29, 0.717) is 30.6 Å².